The molecule has 4 heterocycles. The second-order valence-corrected chi connectivity index (χ2v) is 11.8. The number of benzene rings is 3. The molecule has 0 N–H and O–H groups in total. The van der Waals surface area contributed by atoms with Crippen molar-refractivity contribution in [1.29, 1.82) is 0 Å². The number of hydrogen-bond donors (Lipinski definition) is 0. The van der Waals surface area contributed by atoms with Gasteiger partial charge in [0.1, 0.15) is 0 Å². The number of esters is 1. The lowest BCUT2D eigenvalue weighted by molar-refractivity contribution is -0.142. The summed E-state index contributed by atoms with van der Waals surface area (Å²) in [6, 6.07) is 25.5. The predicted octanol–water partition coefficient (Wildman–Crippen LogP) is 8.81. The summed E-state index contributed by atoms with van der Waals surface area (Å²) < 4.78 is 13.9. The largest absolute Gasteiger partial charge is 0.441 e. The predicted molar refractivity (Wildman–Crippen MR) is 177 cm³/mol. The molecule has 0 saturated carbocycles. The number of nitrogens with zero attached hydrogens (tertiary/aromatic N) is 3. The molecule has 1 atom stereocenters. The van der Waals surface area contributed by atoms with Crippen LogP contribution in [0.2, 0.25) is 0 Å². The lowest BCUT2D eigenvalue weighted by atomic mass is 9.81. The van der Waals surface area contributed by atoms with Gasteiger partial charge in [-0.2, -0.15) is 0 Å². The fourth-order valence-corrected chi connectivity index (χ4v) is 7.94. The van der Waals surface area contributed by atoms with Crippen molar-refractivity contribution in [2.45, 2.75) is 73.2 Å². The molecule has 218 valence electrons. The summed E-state index contributed by atoms with van der Waals surface area (Å²) >= 11 is 0. The van der Waals surface area contributed by atoms with E-state index in [2.05, 4.69) is 134 Å². The van der Waals surface area contributed by atoms with E-state index >= 15 is 0 Å². The Balaban J connectivity index is 1.65. The number of carbonyl (C=O) groups excluding carboxylic acids is 1. The van der Waals surface area contributed by atoms with Crippen molar-refractivity contribution in [2.75, 3.05) is 0 Å². The number of hydrogen-bond acceptors (Lipinski definition) is 2. The van der Waals surface area contributed by atoms with Crippen LogP contribution in [-0.4, -0.2) is 19.7 Å². The zero-order chi connectivity index (χ0) is 30.0. The van der Waals surface area contributed by atoms with Crippen LogP contribution in [0.25, 0.3) is 38.3 Å². The number of rotatable bonds is 7. The minimum absolute atomic E-state index is 0.276. The zero-order valence-electron chi connectivity index (χ0n) is 26.0. The molecule has 0 aliphatic carbocycles. The molecule has 7 rings (SSSR count). The van der Waals surface area contributed by atoms with Crippen LogP contribution in [0.1, 0.15) is 61.0 Å². The fraction of sp³-hybridized carbons (Fsp3) is 0.289. The Bertz CT molecular complexity index is 2100. The van der Waals surface area contributed by atoms with E-state index in [1.807, 2.05) is 0 Å². The molecule has 0 amide bonds. The monoisotopic (exact) mass is 569 g/mol. The van der Waals surface area contributed by atoms with Crippen LogP contribution in [0.15, 0.2) is 78.9 Å². The first-order chi connectivity index (χ1) is 20.9. The van der Waals surface area contributed by atoms with Gasteiger partial charge in [0, 0.05) is 86.1 Å². The van der Waals surface area contributed by atoms with E-state index in [1.54, 1.807) is 0 Å². The molecule has 0 fully saturated rings. The van der Waals surface area contributed by atoms with Crippen molar-refractivity contribution in [3.63, 3.8) is 0 Å². The maximum absolute atomic E-state index is 14.4. The van der Waals surface area contributed by atoms with Gasteiger partial charge in [0.2, 0.25) is 0 Å². The minimum atomic E-state index is -1.10. The first-order valence-corrected chi connectivity index (χ1v) is 15.6. The van der Waals surface area contributed by atoms with Crippen LogP contribution in [-0.2, 0) is 34.8 Å². The van der Waals surface area contributed by atoms with Crippen molar-refractivity contribution < 1.29 is 9.53 Å². The summed E-state index contributed by atoms with van der Waals surface area (Å²) in [6.07, 6.45) is 3.17. The second-order valence-electron chi connectivity index (χ2n) is 11.8. The molecule has 1 unspecified atom stereocenters. The van der Waals surface area contributed by atoms with Crippen molar-refractivity contribution in [2.24, 2.45) is 0 Å². The maximum atomic E-state index is 14.4. The van der Waals surface area contributed by atoms with Crippen LogP contribution in [0.3, 0.4) is 0 Å². The molecule has 3 aromatic heterocycles. The number of para-hydroxylation sites is 3. The normalized spacial score (nSPS) is 17.0. The third kappa shape index (κ3) is 3.67. The van der Waals surface area contributed by atoms with E-state index in [9.17, 15) is 4.79 Å². The highest BCUT2D eigenvalue weighted by molar-refractivity contribution is 6.23. The summed E-state index contributed by atoms with van der Waals surface area (Å²) in [4.78, 5) is 14.4. The highest BCUT2D eigenvalue weighted by Gasteiger charge is 2.50. The lowest BCUT2D eigenvalue weighted by Gasteiger charge is -2.29. The topological polar surface area (TPSA) is 41.1 Å². The second kappa shape index (κ2) is 10.0. The molecule has 5 heteroatoms. The quantitative estimate of drug-likeness (QED) is 0.180. The molecular formula is C38H39N3O2. The Morgan fingerprint density at radius 1 is 0.628 bits per heavy atom. The first kappa shape index (κ1) is 27.3. The van der Waals surface area contributed by atoms with Crippen molar-refractivity contribution in [3.05, 3.63) is 113 Å². The number of cyclic esters (lactones) is 1. The van der Waals surface area contributed by atoms with Gasteiger partial charge in [-0.25, -0.2) is 4.79 Å². The molecular weight excluding hydrogens is 530 g/mol. The lowest BCUT2D eigenvalue weighted by Crippen LogP contribution is -2.29. The van der Waals surface area contributed by atoms with E-state index in [1.165, 1.54) is 5.52 Å². The van der Waals surface area contributed by atoms with Crippen LogP contribution in [0, 0.1) is 20.8 Å². The van der Waals surface area contributed by atoms with Gasteiger partial charge in [0.15, 0.2) is 5.60 Å². The summed E-state index contributed by atoms with van der Waals surface area (Å²) in [5, 5.41) is 3.32. The molecule has 6 aromatic rings. The van der Waals surface area contributed by atoms with Crippen LogP contribution in [0.4, 0.5) is 0 Å². The molecule has 3 aromatic carbocycles. The number of fused-ring (bicyclic) bond motifs is 3. The number of aryl methyl sites for hydroxylation is 3. The van der Waals surface area contributed by atoms with Gasteiger partial charge in [-0.3, -0.25) is 0 Å². The average Bonchev–Trinajstić information content (AvgIpc) is 3.68. The first-order valence-electron chi connectivity index (χ1n) is 15.6. The van der Waals surface area contributed by atoms with Gasteiger partial charge in [-0.05, 0) is 65.3 Å². The highest BCUT2D eigenvalue weighted by Crippen LogP contribution is 2.52. The van der Waals surface area contributed by atoms with Gasteiger partial charge in [-0.1, -0.05) is 61.5 Å². The van der Waals surface area contributed by atoms with Crippen LogP contribution >= 0.6 is 0 Å². The van der Waals surface area contributed by atoms with Gasteiger partial charge >= 0.3 is 5.97 Å². The Morgan fingerprint density at radius 3 is 1.65 bits per heavy atom. The van der Waals surface area contributed by atoms with Crippen LogP contribution < -0.4 is 0 Å². The molecule has 0 spiro atoms. The number of carbonyl (C=O) groups is 1. The van der Waals surface area contributed by atoms with E-state index in [0.717, 1.165) is 87.0 Å². The Hall–Kier alpha value is -4.51. The molecule has 1 aliphatic rings. The maximum Gasteiger partial charge on any atom is 0.340 e. The van der Waals surface area contributed by atoms with E-state index in [4.69, 9.17) is 4.74 Å². The Kier molecular flexibility index (Phi) is 6.39. The van der Waals surface area contributed by atoms with Gasteiger partial charge in [0.25, 0.3) is 0 Å². The minimum Gasteiger partial charge on any atom is -0.441 e. The Labute approximate surface area is 253 Å². The van der Waals surface area contributed by atoms with E-state index < -0.39 is 5.60 Å². The van der Waals surface area contributed by atoms with Crippen molar-refractivity contribution >= 4 is 44.3 Å². The number of ether oxygens (including phenoxy) is 1. The smallest absolute Gasteiger partial charge is 0.340 e. The molecule has 0 bridgehead atoms. The molecule has 5 nitrogen and oxygen atoms in total. The van der Waals surface area contributed by atoms with Gasteiger partial charge in [-0.15, -0.1) is 0 Å². The highest BCUT2D eigenvalue weighted by atomic mass is 16.6. The standard InChI is InChI=1S/C38H39N3O2/c1-7-22-41-26(6)36(29-18-12-15-21-33(29)41)38(35-25(5)40(9-3)32-20-14-11-17-28(32)35)23-30(37(42)43-38)34-24(4)39(8-2)31-19-13-10-16-27(31)34/h10-21,23H,7-9,22H2,1-6H3. The average molecular weight is 570 g/mol. The van der Waals surface area contributed by atoms with Gasteiger partial charge in [0.05, 0.1) is 5.57 Å². The van der Waals surface area contributed by atoms with E-state index in [-0.39, 0.29) is 5.97 Å². The fourth-order valence-electron chi connectivity index (χ4n) is 7.94. The zero-order valence-corrected chi connectivity index (χ0v) is 26.0. The summed E-state index contributed by atoms with van der Waals surface area (Å²) in [5.74, 6) is -0.276. The van der Waals surface area contributed by atoms with Crippen molar-refractivity contribution in [3.8, 4) is 0 Å². The van der Waals surface area contributed by atoms with Crippen molar-refractivity contribution in [1.82, 2.24) is 13.7 Å². The van der Waals surface area contributed by atoms with E-state index in [0.29, 0.717) is 5.57 Å². The SMILES string of the molecule is CCCn1c(C)c(C2(c3c(C)n(CC)c4ccccc34)C=C(c3c(C)n(CC)c4ccccc34)C(=O)O2)c2ccccc21. The molecule has 1 aliphatic heterocycles. The summed E-state index contributed by atoms with van der Waals surface area (Å²) in [5.41, 5.74) is 9.42. The molecule has 0 saturated heterocycles. The third-order valence-corrected chi connectivity index (χ3v) is 9.61. The molecule has 0 radical (unpaired) electrons. The number of aromatic nitrogens is 3. The summed E-state index contributed by atoms with van der Waals surface area (Å²) in [6.45, 7) is 15.6. The van der Waals surface area contributed by atoms with Crippen LogP contribution in [0.5, 0.6) is 0 Å². The third-order valence-electron chi connectivity index (χ3n) is 9.61. The summed E-state index contributed by atoms with van der Waals surface area (Å²) in [7, 11) is 0. The Morgan fingerprint density at radius 2 is 1.09 bits per heavy atom. The van der Waals surface area contributed by atoms with Gasteiger partial charge < -0.3 is 18.4 Å². The molecule has 43 heavy (non-hydrogen) atoms.